The summed E-state index contributed by atoms with van der Waals surface area (Å²) in [7, 11) is 0. The van der Waals surface area contributed by atoms with Crippen molar-refractivity contribution in [1.82, 2.24) is 4.90 Å². The Morgan fingerprint density at radius 2 is 1.74 bits per heavy atom. The molecule has 2 aromatic carbocycles. The molecule has 1 heterocycles. The number of halogens is 1. The van der Waals surface area contributed by atoms with Crippen molar-refractivity contribution in [2.24, 2.45) is 0 Å². The van der Waals surface area contributed by atoms with Crippen molar-refractivity contribution in [3.63, 3.8) is 0 Å². The maximum absolute atomic E-state index is 12.5. The summed E-state index contributed by atoms with van der Waals surface area (Å²) >= 11 is 5.83. The van der Waals surface area contributed by atoms with E-state index in [4.69, 9.17) is 11.6 Å². The number of amides is 2. The van der Waals surface area contributed by atoms with Crippen LogP contribution in [-0.4, -0.2) is 22.8 Å². The van der Waals surface area contributed by atoms with Crippen LogP contribution in [0.3, 0.4) is 0 Å². The lowest BCUT2D eigenvalue weighted by atomic mass is 10.1. The summed E-state index contributed by atoms with van der Waals surface area (Å²) in [6.07, 6.45) is 0. The topological polar surface area (TPSA) is 49.4 Å². The van der Waals surface area contributed by atoms with Gasteiger partial charge in [-0.2, -0.15) is 0 Å². The first-order valence-corrected chi connectivity index (χ1v) is 7.55. The minimum absolute atomic E-state index is 0.204. The Bertz CT molecular complexity index is 764. The van der Waals surface area contributed by atoms with E-state index < -0.39 is 6.04 Å². The number of carbonyl (C=O) groups excluding carboxylic acids is 2. The number of nitrogens with zero attached hydrogens (tertiary/aromatic N) is 1. The average molecular weight is 327 g/mol. The SMILES string of the molecule is C=C1c2ccccc2C(=O)N1C(C)C(=O)Nc1ccc(Cl)cc1. The van der Waals surface area contributed by atoms with Crippen LogP contribution < -0.4 is 5.32 Å². The number of hydrogen-bond donors (Lipinski definition) is 1. The zero-order valence-corrected chi connectivity index (χ0v) is 13.3. The maximum atomic E-state index is 12.5. The molecule has 0 aliphatic carbocycles. The quantitative estimate of drug-likeness (QED) is 0.932. The molecular weight excluding hydrogens is 312 g/mol. The number of anilines is 1. The third-order valence-corrected chi connectivity index (χ3v) is 4.11. The molecule has 5 heteroatoms. The van der Waals surface area contributed by atoms with Gasteiger partial charge in [0.1, 0.15) is 6.04 Å². The molecule has 0 bridgehead atoms. The molecule has 0 saturated heterocycles. The van der Waals surface area contributed by atoms with Crippen LogP contribution in [-0.2, 0) is 4.79 Å². The van der Waals surface area contributed by atoms with E-state index in [1.807, 2.05) is 12.1 Å². The van der Waals surface area contributed by atoms with Crippen LogP contribution in [0.5, 0.6) is 0 Å². The van der Waals surface area contributed by atoms with Gasteiger partial charge in [-0.05, 0) is 37.3 Å². The fourth-order valence-corrected chi connectivity index (χ4v) is 2.74. The molecule has 3 rings (SSSR count). The van der Waals surface area contributed by atoms with E-state index in [9.17, 15) is 9.59 Å². The summed E-state index contributed by atoms with van der Waals surface area (Å²) in [5, 5.41) is 3.37. The van der Waals surface area contributed by atoms with Gasteiger partial charge in [0, 0.05) is 27.5 Å². The number of fused-ring (bicyclic) bond motifs is 1. The molecule has 0 saturated carbocycles. The average Bonchev–Trinajstić information content (AvgIpc) is 2.81. The van der Waals surface area contributed by atoms with E-state index in [1.54, 1.807) is 43.3 Å². The lowest BCUT2D eigenvalue weighted by molar-refractivity contribution is -0.119. The van der Waals surface area contributed by atoms with Crippen LogP contribution in [0, 0.1) is 0 Å². The highest BCUT2D eigenvalue weighted by atomic mass is 35.5. The molecule has 1 N–H and O–H groups in total. The normalized spacial score (nSPS) is 14.6. The highest BCUT2D eigenvalue weighted by Crippen LogP contribution is 2.33. The summed E-state index contributed by atoms with van der Waals surface area (Å²) in [5.41, 5.74) is 2.51. The van der Waals surface area contributed by atoms with E-state index in [-0.39, 0.29) is 11.8 Å². The van der Waals surface area contributed by atoms with E-state index in [0.29, 0.717) is 22.0 Å². The van der Waals surface area contributed by atoms with Gasteiger partial charge in [-0.15, -0.1) is 0 Å². The van der Waals surface area contributed by atoms with Gasteiger partial charge in [0.2, 0.25) is 5.91 Å². The van der Waals surface area contributed by atoms with Crippen LogP contribution in [0.15, 0.2) is 55.1 Å². The van der Waals surface area contributed by atoms with E-state index >= 15 is 0 Å². The number of rotatable bonds is 3. The predicted molar refractivity (Wildman–Crippen MR) is 91.2 cm³/mol. The van der Waals surface area contributed by atoms with Crippen LogP contribution in [0.25, 0.3) is 5.70 Å². The second-order valence-corrected chi connectivity index (χ2v) is 5.78. The second kappa shape index (κ2) is 5.89. The van der Waals surface area contributed by atoms with Crippen LogP contribution in [0.2, 0.25) is 5.02 Å². The summed E-state index contributed by atoms with van der Waals surface area (Å²) in [6, 6.07) is 13.4. The van der Waals surface area contributed by atoms with Gasteiger partial charge in [0.05, 0.1) is 0 Å². The van der Waals surface area contributed by atoms with Gasteiger partial charge in [-0.1, -0.05) is 36.4 Å². The Morgan fingerprint density at radius 1 is 1.13 bits per heavy atom. The molecule has 23 heavy (non-hydrogen) atoms. The van der Waals surface area contributed by atoms with Crippen LogP contribution >= 0.6 is 11.6 Å². The number of nitrogens with one attached hydrogen (secondary N) is 1. The smallest absolute Gasteiger partial charge is 0.259 e. The summed E-state index contributed by atoms with van der Waals surface area (Å²) < 4.78 is 0. The number of carbonyl (C=O) groups is 2. The third kappa shape index (κ3) is 2.73. The van der Waals surface area contributed by atoms with Crippen molar-refractivity contribution in [2.45, 2.75) is 13.0 Å². The molecule has 1 atom stereocenters. The molecule has 1 aliphatic rings. The van der Waals surface area contributed by atoms with Crippen molar-refractivity contribution in [2.75, 3.05) is 5.32 Å². The highest BCUT2D eigenvalue weighted by molar-refractivity contribution is 6.30. The molecular formula is C18H15ClN2O2. The van der Waals surface area contributed by atoms with Crippen molar-refractivity contribution in [3.05, 3.63) is 71.3 Å². The lowest BCUT2D eigenvalue weighted by Crippen LogP contribution is -2.41. The van der Waals surface area contributed by atoms with E-state index in [2.05, 4.69) is 11.9 Å². The number of benzene rings is 2. The summed E-state index contributed by atoms with van der Waals surface area (Å²) in [6.45, 7) is 5.64. The maximum Gasteiger partial charge on any atom is 0.259 e. The van der Waals surface area contributed by atoms with Crippen molar-refractivity contribution < 1.29 is 9.59 Å². The lowest BCUT2D eigenvalue weighted by Gasteiger charge is -2.24. The van der Waals surface area contributed by atoms with Crippen molar-refractivity contribution in [3.8, 4) is 0 Å². The minimum atomic E-state index is -0.668. The standard InChI is InChI=1S/C18H15ClN2O2/c1-11-15-5-3-4-6-16(15)18(23)21(11)12(2)17(22)20-14-9-7-13(19)8-10-14/h3-10,12H,1H2,2H3,(H,20,22). The molecule has 0 spiro atoms. The molecule has 2 amide bonds. The fourth-order valence-electron chi connectivity index (χ4n) is 2.61. The van der Waals surface area contributed by atoms with Gasteiger partial charge in [0.25, 0.3) is 5.91 Å². The molecule has 116 valence electrons. The molecule has 1 aliphatic heterocycles. The third-order valence-electron chi connectivity index (χ3n) is 3.86. The first kappa shape index (κ1) is 15.3. The zero-order valence-electron chi connectivity index (χ0n) is 12.5. The van der Waals surface area contributed by atoms with Crippen molar-refractivity contribution >= 4 is 34.8 Å². The van der Waals surface area contributed by atoms with Gasteiger partial charge < -0.3 is 5.32 Å². The number of hydrogen-bond acceptors (Lipinski definition) is 2. The van der Waals surface area contributed by atoms with Crippen LogP contribution in [0.4, 0.5) is 5.69 Å². The summed E-state index contributed by atoms with van der Waals surface area (Å²) in [5.74, 6) is -0.487. The monoisotopic (exact) mass is 326 g/mol. The van der Waals surface area contributed by atoms with E-state index in [1.165, 1.54) is 4.90 Å². The van der Waals surface area contributed by atoms with Gasteiger partial charge in [-0.25, -0.2) is 0 Å². The molecule has 0 fully saturated rings. The predicted octanol–water partition coefficient (Wildman–Crippen LogP) is 3.79. The molecule has 0 radical (unpaired) electrons. The Hall–Kier alpha value is -2.59. The Kier molecular flexibility index (Phi) is 3.92. The first-order valence-electron chi connectivity index (χ1n) is 7.17. The largest absolute Gasteiger partial charge is 0.324 e. The molecule has 1 unspecified atom stereocenters. The Morgan fingerprint density at radius 3 is 2.35 bits per heavy atom. The zero-order chi connectivity index (χ0) is 16.6. The summed E-state index contributed by atoms with van der Waals surface area (Å²) in [4.78, 5) is 26.4. The van der Waals surface area contributed by atoms with E-state index in [0.717, 1.165) is 5.56 Å². The first-order chi connectivity index (χ1) is 11.0. The fraction of sp³-hybridized carbons (Fsp3) is 0.111. The van der Waals surface area contributed by atoms with Gasteiger partial charge in [0.15, 0.2) is 0 Å². The Labute approximate surface area is 139 Å². The molecule has 0 aromatic heterocycles. The minimum Gasteiger partial charge on any atom is -0.324 e. The van der Waals surface area contributed by atoms with Crippen LogP contribution in [0.1, 0.15) is 22.8 Å². The highest BCUT2D eigenvalue weighted by Gasteiger charge is 2.36. The molecule has 4 nitrogen and oxygen atoms in total. The Balaban J connectivity index is 1.79. The van der Waals surface area contributed by atoms with Gasteiger partial charge >= 0.3 is 0 Å². The van der Waals surface area contributed by atoms with Crippen molar-refractivity contribution in [1.29, 1.82) is 0 Å². The van der Waals surface area contributed by atoms with Gasteiger partial charge in [-0.3, -0.25) is 14.5 Å². The molecule has 2 aromatic rings. The second-order valence-electron chi connectivity index (χ2n) is 5.34.